The van der Waals surface area contributed by atoms with Gasteiger partial charge in [-0.05, 0) is 37.6 Å². The van der Waals surface area contributed by atoms with Gasteiger partial charge >= 0.3 is 0 Å². The molecule has 1 atom stereocenters. The number of para-hydroxylation sites is 1. The summed E-state index contributed by atoms with van der Waals surface area (Å²) in [4.78, 5) is 13.3. The van der Waals surface area contributed by atoms with Crippen molar-refractivity contribution in [1.29, 1.82) is 0 Å². The van der Waals surface area contributed by atoms with Crippen molar-refractivity contribution in [2.75, 3.05) is 18.9 Å². The quantitative estimate of drug-likeness (QED) is 0.878. The van der Waals surface area contributed by atoms with E-state index in [0.717, 1.165) is 18.7 Å². The smallest absolute Gasteiger partial charge is 0.237 e. The summed E-state index contributed by atoms with van der Waals surface area (Å²) in [5.41, 5.74) is 2.24. The Morgan fingerprint density at radius 3 is 2.89 bits per heavy atom. The predicted molar refractivity (Wildman–Crippen MR) is 77.3 cm³/mol. The molecule has 1 amide bonds. The molecule has 2 rings (SSSR count). The Morgan fingerprint density at radius 1 is 1.44 bits per heavy atom. The van der Waals surface area contributed by atoms with Crippen LogP contribution in [0.3, 0.4) is 0 Å². The van der Waals surface area contributed by atoms with Crippen LogP contribution in [0, 0.1) is 0 Å². The van der Waals surface area contributed by atoms with E-state index in [9.17, 15) is 4.79 Å². The summed E-state index contributed by atoms with van der Waals surface area (Å²) in [7, 11) is 1.91. The molecule has 1 heterocycles. The number of nitrogens with one attached hydrogen (secondary N) is 2. The molecule has 0 saturated heterocycles. The standard InChI is InChI=1S/C14H20N2OS/c1-9(2)10-5-4-6-11-13(10)16-14(17)12(18-11)7-8-15-3/h4-6,9,12,15H,7-8H2,1-3H3,(H,16,17). The maximum atomic E-state index is 12.1. The van der Waals surface area contributed by atoms with Crippen LogP contribution in [0.15, 0.2) is 23.1 Å². The summed E-state index contributed by atoms with van der Waals surface area (Å²) >= 11 is 1.68. The number of hydrogen-bond acceptors (Lipinski definition) is 3. The van der Waals surface area contributed by atoms with Crippen LogP contribution in [0.25, 0.3) is 0 Å². The Labute approximate surface area is 113 Å². The summed E-state index contributed by atoms with van der Waals surface area (Å²) in [5, 5.41) is 6.20. The average Bonchev–Trinajstić information content (AvgIpc) is 2.35. The topological polar surface area (TPSA) is 41.1 Å². The van der Waals surface area contributed by atoms with Gasteiger partial charge in [-0.25, -0.2) is 0 Å². The molecule has 2 N–H and O–H groups in total. The molecule has 98 valence electrons. The molecule has 0 aromatic heterocycles. The zero-order chi connectivity index (χ0) is 13.1. The summed E-state index contributed by atoms with van der Waals surface area (Å²) in [6, 6.07) is 6.27. The van der Waals surface area contributed by atoms with E-state index < -0.39 is 0 Å². The van der Waals surface area contributed by atoms with E-state index >= 15 is 0 Å². The zero-order valence-corrected chi connectivity index (χ0v) is 11.9. The van der Waals surface area contributed by atoms with Gasteiger partial charge in [-0.1, -0.05) is 26.0 Å². The maximum Gasteiger partial charge on any atom is 0.237 e. The van der Waals surface area contributed by atoms with Crippen molar-refractivity contribution in [3.05, 3.63) is 23.8 Å². The second-order valence-corrected chi connectivity index (χ2v) is 6.11. The average molecular weight is 264 g/mol. The molecule has 3 nitrogen and oxygen atoms in total. The van der Waals surface area contributed by atoms with E-state index in [2.05, 4.69) is 42.7 Å². The van der Waals surface area contributed by atoms with E-state index in [0.29, 0.717) is 5.92 Å². The lowest BCUT2D eigenvalue weighted by Gasteiger charge is -2.27. The highest BCUT2D eigenvalue weighted by atomic mass is 32.2. The SMILES string of the molecule is CNCCC1Sc2cccc(C(C)C)c2NC1=O. The van der Waals surface area contributed by atoms with Crippen molar-refractivity contribution >= 4 is 23.4 Å². The van der Waals surface area contributed by atoms with Crippen LogP contribution in [0.4, 0.5) is 5.69 Å². The Hall–Kier alpha value is -1.00. The molecule has 18 heavy (non-hydrogen) atoms. The molecule has 1 aromatic carbocycles. The minimum atomic E-state index is 0.0207. The normalized spacial score (nSPS) is 18.7. The van der Waals surface area contributed by atoms with Gasteiger partial charge in [-0.15, -0.1) is 11.8 Å². The molecule has 1 aliphatic heterocycles. The summed E-state index contributed by atoms with van der Waals surface area (Å²) < 4.78 is 0. The number of amides is 1. The number of benzene rings is 1. The first-order valence-corrected chi connectivity index (χ1v) is 7.26. The number of rotatable bonds is 4. The van der Waals surface area contributed by atoms with Gasteiger partial charge in [0.1, 0.15) is 0 Å². The van der Waals surface area contributed by atoms with Gasteiger partial charge in [-0.3, -0.25) is 4.79 Å². The summed E-state index contributed by atoms with van der Waals surface area (Å²) in [6.07, 6.45) is 0.859. The number of fused-ring (bicyclic) bond motifs is 1. The van der Waals surface area contributed by atoms with Crippen LogP contribution in [0.5, 0.6) is 0 Å². The van der Waals surface area contributed by atoms with E-state index in [-0.39, 0.29) is 11.2 Å². The van der Waals surface area contributed by atoms with Crippen LogP contribution < -0.4 is 10.6 Å². The molecule has 0 aliphatic carbocycles. The maximum absolute atomic E-state index is 12.1. The largest absolute Gasteiger partial charge is 0.324 e. The van der Waals surface area contributed by atoms with Gasteiger partial charge in [0, 0.05) is 4.90 Å². The van der Waals surface area contributed by atoms with Crippen molar-refractivity contribution in [2.45, 2.75) is 36.3 Å². The van der Waals surface area contributed by atoms with Gasteiger partial charge in [0.05, 0.1) is 10.9 Å². The zero-order valence-electron chi connectivity index (χ0n) is 11.1. The van der Waals surface area contributed by atoms with Crippen molar-refractivity contribution in [3.8, 4) is 0 Å². The third-order valence-corrected chi connectivity index (χ3v) is 4.48. The number of thioether (sulfide) groups is 1. The lowest BCUT2D eigenvalue weighted by Crippen LogP contribution is -2.32. The van der Waals surface area contributed by atoms with Crippen molar-refractivity contribution in [2.24, 2.45) is 0 Å². The lowest BCUT2D eigenvalue weighted by molar-refractivity contribution is -0.115. The van der Waals surface area contributed by atoms with Crippen LogP contribution >= 0.6 is 11.8 Å². The fraction of sp³-hybridized carbons (Fsp3) is 0.500. The minimum absolute atomic E-state index is 0.0207. The van der Waals surface area contributed by atoms with Gasteiger partial charge in [0.15, 0.2) is 0 Å². The Morgan fingerprint density at radius 2 is 2.22 bits per heavy atom. The molecule has 1 aliphatic rings. The van der Waals surface area contributed by atoms with E-state index in [1.165, 1.54) is 10.5 Å². The third kappa shape index (κ3) is 2.70. The lowest BCUT2D eigenvalue weighted by atomic mass is 10.0. The molecule has 0 spiro atoms. The molecule has 0 fully saturated rings. The van der Waals surface area contributed by atoms with Crippen LogP contribution in [-0.4, -0.2) is 24.7 Å². The number of carbonyl (C=O) groups excluding carboxylic acids is 1. The predicted octanol–water partition coefficient (Wildman–Crippen LogP) is 2.83. The monoisotopic (exact) mass is 264 g/mol. The highest BCUT2D eigenvalue weighted by molar-refractivity contribution is 8.01. The van der Waals surface area contributed by atoms with Crippen molar-refractivity contribution in [1.82, 2.24) is 5.32 Å². The molecule has 1 unspecified atom stereocenters. The number of carbonyl (C=O) groups is 1. The highest BCUT2D eigenvalue weighted by Crippen LogP contribution is 2.40. The van der Waals surface area contributed by atoms with E-state index in [4.69, 9.17) is 0 Å². The van der Waals surface area contributed by atoms with E-state index in [1.807, 2.05) is 7.05 Å². The Kier molecular flexibility index (Phi) is 4.30. The first-order valence-electron chi connectivity index (χ1n) is 6.38. The van der Waals surface area contributed by atoms with Gasteiger partial charge < -0.3 is 10.6 Å². The molecule has 4 heteroatoms. The fourth-order valence-corrected chi connectivity index (χ4v) is 3.29. The first kappa shape index (κ1) is 13.4. The first-order chi connectivity index (χ1) is 8.63. The molecular formula is C14H20N2OS. The summed E-state index contributed by atoms with van der Waals surface area (Å²) in [6.45, 7) is 5.17. The number of anilines is 1. The van der Waals surface area contributed by atoms with Crippen LogP contribution in [0.1, 0.15) is 31.7 Å². The van der Waals surface area contributed by atoms with Gasteiger partial charge in [0.2, 0.25) is 5.91 Å². The van der Waals surface area contributed by atoms with Crippen LogP contribution in [0.2, 0.25) is 0 Å². The highest BCUT2D eigenvalue weighted by Gasteiger charge is 2.28. The second-order valence-electron chi connectivity index (χ2n) is 4.86. The van der Waals surface area contributed by atoms with Crippen molar-refractivity contribution in [3.63, 3.8) is 0 Å². The molecule has 1 aromatic rings. The molecule has 0 saturated carbocycles. The van der Waals surface area contributed by atoms with E-state index in [1.54, 1.807) is 11.8 Å². The van der Waals surface area contributed by atoms with Crippen LogP contribution in [-0.2, 0) is 4.79 Å². The van der Waals surface area contributed by atoms with Crippen molar-refractivity contribution < 1.29 is 4.79 Å². The number of hydrogen-bond donors (Lipinski definition) is 2. The molecule has 0 radical (unpaired) electrons. The van der Waals surface area contributed by atoms with Gasteiger partial charge in [0.25, 0.3) is 0 Å². The minimum Gasteiger partial charge on any atom is -0.324 e. The van der Waals surface area contributed by atoms with Gasteiger partial charge in [-0.2, -0.15) is 0 Å². The second kappa shape index (κ2) is 5.76. The molecular weight excluding hydrogens is 244 g/mol. The Bertz CT molecular complexity index is 445. The third-order valence-electron chi connectivity index (χ3n) is 3.15. The summed E-state index contributed by atoms with van der Waals surface area (Å²) in [5.74, 6) is 0.561. The molecule has 0 bridgehead atoms. The fourth-order valence-electron chi connectivity index (χ4n) is 2.14. The Balaban J connectivity index is 2.25.